The van der Waals surface area contributed by atoms with Crippen molar-refractivity contribution in [2.45, 2.75) is 25.3 Å². The van der Waals surface area contributed by atoms with Crippen molar-refractivity contribution in [2.24, 2.45) is 0 Å². The first kappa shape index (κ1) is 19.0. The quantitative estimate of drug-likeness (QED) is 0.713. The van der Waals surface area contributed by atoms with Crippen LogP contribution in [0.15, 0.2) is 42.5 Å². The lowest BCUT2D eigenvalue weighted by atomic mass is 9.99. The van der Waals surface area contributed by atoms with Gasteiger partial charge in [-0.15, -0.1) is 0 Å². The molecule has 0 radical (unpaired) electrons. The maximum atomic E-state index is 13.7. The van der Waals surface area contributed by atoms with E-state index in [1.165, 1.54) is 13.1 Å². The zero-order valence-corrected chi connectivity index (χ0v) is 15.8. The minimum Gasteiger partial charge on any atom is -0.357 e. The second kappa shape index (κ2) is 7.58. The molecule has 7 heteroatoms. The highest BCUT2D eigenvalue weighted by molar-refractivity contribution is 6.09. The summed E-state index contributed by atoms with van der Waals surface area (Å²) in [6, 6.07) is 9.33. The van der Waals surface area contributed by atoms with Crippen LogP contribution in [0.3, 0.4) is 0 Å². The number of likely N-dealkylation sites (N-methyl/N-ethyl adjacent to an activating group) is 1. The van der Waals surface area contributed by atoms with Gasteiger partial charge in [0.05, 0.1) is 11.1 Å². The standard InChI is InChI=1S/C22H19F2N3O2/c1-25-22(29)20(12-9-10-15(23)16(24)11-12)27-21(28)19-13-5-2-3-7-17(13)26-18-8-4-6-14(18)19/h2-3,5,7,9-11,20H,4,6,8H2,1H3,(H,25,29)(H,27,28)/t20-/m1/s1. The van der Waals surface area contributed by atoms with E-state index < -0.39 is 29.5 Å². The number of hydrogen-bond donors (Lipinski definition) is 2. The molecular formula is C22H19F2N3O2. The van der Waals surface area contributed by atoms with Gasteiger partial charge in [0.1, 0.15) is 6.04 Å². The number of para-hydroxylation sites is 1. The highest BCUT2D eigenvalue weighted by Crippen LogP contribution is 2.30. The molecule has 0 unspecified atom stereocenters. The lowest BCUT2D eigenvalue weighted by Crippen LogP contribution is -2.39. The number of aromatic nitrogens is 1. The molecular weight excluding hydrogens is 376 g/mol. The van der Waals surface area contributed by atoms with Gasteiger partial charge in [-0.1, -0.05) is 24.3 Å². The number of pyridine rings is 1. The predicted octanol–water partition coefficient (Wildman–Crippen LogP) is 3.22. The zero-order valence-electron chi connectivity index (χ0n) is 15.8. The van der Waals surface area contributed by atoms with Gasteiger partial charge in [0.15, 0.2) is 11.6 Å². The fourth-order valence-corrected chi connectivity index (χ4v) is 3.81. The van der Waals surface area contributed by atoms with E-state index in [1.807, 2.05) is 24.3 Å². The van der Waals surface area contributed by atoms with Gasteiger partial charge in [0.25, 0.3) is 5.91 Å². The monoisotopic (exact) mass is 395 g/mol. The fraction of sp³-hybridized carbons (Fsp3) is 0.227. The second-order valence-electron chi connectivity index (χ2n) is 6.98. The minimum absolute atomic E-state index is 0.159. The normalized spacial score (nSPS) is 13.8. The van der Waals surface area contributed by atoms with Crippen molar-refractivity contribution in [3.05, 3.63) is 76.5 Å². The average molecular weight is 395 g/mol. The molecule has 29 heavy (non-hydrogen) atoms. The Morgan fingerprint density at radius 3 is 2.62 bits per heavy atom. The van der Waals surface area contributed by atoms with E-state index in [9.17, 15) is 18.4 Å². The van der Waals surface area contributed by atoms with Crippen molar-refractivity contribution in [3.8, 4) is 0 Å². The van der Waals surface area contributed by atoms with Crippen molar-refractivity contribution in [3.63, 3.8) is 0 Å². The lowest BCUT2D eigenvalue weighted by molar-refractivity contribution is -0.122. The predicted molar refractivity (Wildman–Crippen MR) is 104 cm³/mol. The summed E-state index contributed by atoms with van der Waals surface area (Å²) in [6.45, 7) is 0. The van der Waals surface area contributed by atoms with Crippen molar-refractivity contribution in [1.29, 1.82) is 0 Å². The van der Waals surface area contributed by atoms with Gasteiger partial charge in [-0.05, 0) is 48.6 Å². The van der Waals surface area contributed by atoms with Crippen LogP contribution in [0.2, 0.25) is 0 Å². The number of carbonyl (C=O) groups is 2. The Hall–Kier alpha value is -3.35. The molecule has 4 rings (SSSR count). The highest BCUT2D eigenvalue weighted by Gasteiger charge is 2.28. The molecule has 148 valence electrons. The summed E-state index contributed by atoms with van der Waals surface area (Å²) >= 11 is 0. The zero-order chi connectivity index (χ0) is 20.5. The number of nitrogens with zero attached hydrogens (tertiary/aromatic N) is 1. The third-order valence-electron chi connectivity index (χ3n) is 5.21. The molecule has 0 bridgehead atoms. The van der Waals surface area contributed by atoms with Crippen LogP contribution in [0.1, 0.15) is 39.6 Å². The first-order chi connectivity index (χ1) is 14.0. The van der Waals surface area contributed by atoms with Crippen LogP contribution in [-0.2, 0) is 17.6 Å². The lowest BCUT2D eigenvalue weighted by Gasteiger charge is -2.20. The summed E-state index contributed by atoms with van der Waals surface area (Å²) in [5.74, 6) is -3.07. The Balaban J connectivity index is 1.77. The molecule has 0 saturated carbocycles. The van der Waals surface area contributed by atoms with E-state index in [2.05, 4.69) is 15.6 Å². The van der Waals surface area contributed by atoms with E-state index >= 15 is 0 Å². The van der Waals surface area contributed by atoms with Crippen molar-refractivity contribution >= 4 is 22.7 Å². The molecule has 0 aliphatic heterocycles. The topological polar surface area (TPSA) is 71.1 Å². The highest BCUT2D eigenvalue weighted by atomic mass is 19.2. The van der Waals surface area contributed by atoms with E-state index in [0.29, 0.717) is 16.5 Å². The van der Waals surface area contributed by atoms with Crippen LogP contribution in [0.5, 0.6) is 0 Å². The summed E-state index contributed by atoms with van der Waals surface area (Å²) < 4.78 is 27.1. The molecule has 1 aliphatic rings. The molecule has 1 aromatic heterocycles. The number of aryl methyl sites for hydroxylation is 1. The van der Waals surface area contributed by atoms with Crippen LogP contribution in [0.4, 0.5) is 8.78 Å². The van der Waals surface area contributed by atoms with Crippen molar-refractivity contribution in [1.82, 2.24) is 15.6 Å². The summed E-state index contributed by atoms with van der Waals surface area (Å²) in [6.07, 6.45) is 2.43. The number of halogens is 2. The van der Waals surface area contributed by atoms with E-state index in [4.69, 9.17) is 0 Å². The van der Waals surface area contributed by atoms with Gasteiger partial charge in [-0.25, -0.2) is 8.78 Å². The maximum absolute atomic E-state index is 13.7. The first-order valence-corrected chi connectivity index (χ1v) is 9.37. The number of hydrogen-bond acceptors (Lipinski definition) is 3. The Morgan fingerprint density at radius 2 is 1.86 bits per heavy atom. The number of carbonyl (C=O) groups excluding carboxylic acids is 2. The van der Waals surface area contributed by atoms with E-state index in [-0.39, 0.29) is 5.56 Å². The average Bonchev–Trinajstić information content (AvgIpc) is 3.19. The largest absolute Gasteiger partial charge is 0.357 e. The van der Waals surface area contributed by atoms with Crippen LogP contribution >= 0.6 is 0 Å². The molecule has 0 fully saturated rings. The van der Waals surface area contributed by atoms with Crippen LogP contribution in [0.25, 0.3) is 10.9 Å². The Morgan fingerprint density at radius 1 is 1.07 bits per heavy atom. The van der Waals surface area contributed by atoms with Crippen molar-refractivity contribution < 1.29 is 18.4 Å². The number of benzene rings is 2. The molecule has 5 nitrogen and oxygen atoms in total. The molecule has 3 aromatic rings. The van der Waals surface area contributed by atoms with Gasteiger partial charge < -0.3 is 10.6 Å². The van der Waals surface area contributed by atoms with Gasteiger partial charge in [-0.2, -0.15) is 0 Å². The van der Waals surface area contributed by atoms with Gasteiger partial charge in [0, 0.05) is 18.1 Å². The third kappa shape index (κ3) is 3.44. The van der Waals surface area contributed by atoms with Crippen LogP contribution < -0.4 is 10.6 Å². The molecule has 1 heterocycles. The maximum Gasteiger partial charge on any atom is 0.253 e. The Kier molecular flexibility index (Phi) is 4.96. The molecule has 2 aromatic carbocycles. The number of fused-ring (bicyclic) bond motifs is 2. The van der Waals surface area contributed by atoms with E-state index in [1.54, 1.807) is 0 Å². The number of nitrogens with one attached hydrogen (secondary N) is 2. The summed E-state index contributed by atoms with van der Waals surface area (Å²) in [5.41, 5.74) is 3.12. The van der Waals surface area contributed by atoms with Gasteiger partial charge in [-0.3, -0.25) is 14.6 Å². The summed E-state index contributed by atoms with van der Waals surface area (Å²) in [5, 5.41) is 5.86. The third-order valence-corrected chi connectivity index (χ3v) is 5.21. The van der Waals surface area contributed by atoms with Crippen LogP contribution in [-0.4, -0.2) is 23.8 Å². The summed E-state index contributed by atoms with van der Waals surface area (Å²) in [7, 11) is 1.42. The van der Waals surface area contributed by atoms with Gasteiger partial charge >= 0.3 is 0 Å². The number of amides is 2. The molecule has 0 spiro atoms. The van der Waals surface area contributed by atoms with Gasteiger partial charge in [0.2, 0.25) is 5.91 Å². The van der Waals surface area contributed by atoms with E-state index in [0.717, 1.165) is 42.7 Å². The molecule has 1 aliphatic carbocycles. The van der Waals surface area contributed by atoms with Crippen LogP contribution in [0, 0.1) is 11.6 Å². The molecule has 0 saturated heterocycles. The SMILES string of the molecule is CNC(=O)[C@H](NC(=O)c1c2c(nc3ccccc13)CCC2)c1ccc(F)c(F)c1. The first-order valence-electron chi connectivity index (χ1n) is 9.37. The fourth-order valence-electron chi connectivity index (χ4n) is 3.81. The molecule has 2 N–H and O–H groups in total. The minimum atomic E-state index is -1.16. The molecule has 1 atom stereocenters. The summed E-state index contributed by atoms with van der Waals surface area (Å²) in [4.78, 5) is 30.4. The Labute approximate surface area is 166 Å². The smallest absolute Gasteiger partial charge is 0.253 e. The second-order valence-corrected chi connectivity index (χ2v) is 6.98. The molecule has 2 amide bonds. The van der Waals surface area contributed by atoms with Crippen molar-refractivity contribution in [2.75, 3.05) is 7.05 Å². The Bertz CT molecular complexity index is 1130. The number of rotatable bonds is 4.